The van der Waals surface area contributed by atoms with Crippen LogP contribution in [-0.2, 0) is 9.84 Å². The molecule has 1 N–H and O–H groups in total. The summed E-state index contributed by atoms with van der Waals surface area (Å²) in [7, 11) is -2.82. The quantitative estimate of drug-likeness (QED) is 0.835. The average Bonchev–Trinajstić information content (AvgIpc) is 2.58. The van der Waals surface area contributed by atoms with Gasteiger partial charge in [0.2, 0.25) is 0 Å². The van der Waals surface area contributed by atoms with Gasteiger partial charge in [-0.05, 0) is 33.1 Å². The summed E-state index contributed by atoms with van der Waals surface area (Å²) >= 11 is 0. The molecule has 2 rings (SSSR count). The molecule has 0 aromatic heterocycles. The van der Waals surface area contributed by atoms with Crippen LogP contribution < -0.4 is 5.32 Å². The molecule has 5 heteroatoms. The minimum absolute atomic E-state index is 0.0913. The molecule has 2 saturated heterocycles. The fourth-order valence-electron chi connectivity index (χ4n) is 3.16. The Morgan fingerprint density at radius 2 is 2.11 bits per heavy atom. The van der Waals surface area contributed by atoms with Crippen molar-refractivity contribution in [1.29, 1.82) is 0 Å². The van der Waals surface area contributed by atoms with E-state index < -0.39 is 9.84 Å². The highest BCUT2D eigenvalue weighted by atomic mass is 32.2. The number of hydrogen-bond donors (Lipinski definition) is 1. The number of nitrogens with one attached hydrogen (secondary N) is 1. The van der Waals surface area contributed by atoms with Crippen molar-refractivity contribution in [2.24, 2.45) is 0 Å². The van der Waals surface area contributed by atoms with Crippen molar-refractivity contribution in [3.05, 3.63) is 0 Å². The maximum atomic E-state index is 11.9. The first-order chi connectivity index (χ1) is 8.34. The maximum Gasteiger partial charge on any atom is 0.154 e. The normalized spacial score (nSPS) is 35.7. The Balaban J connectivity index is 2.05. The first-order valence-corrected chi connectivity index (χ1v) is 8.76. The van der Waals surface area contributed by atoms with Gasteiger partial charge < -0.3 is 5.32 Å². The molecule has 106 valence electrons. The molecule has 0 bridgehead atoms. The predicted octanol–water partition coefficient (Wildman–Crippen LogP) is 1.03. The molecule has 2 heterocycles. The van der Waals surface area contributed by atoms with Crippen molar-refractivity contribution in [2.75, 3.05) is 25.4 Å². The fraction of sp³-hybridized carbons (Fsp3) is 1.00. The van der Waals surface area contributed by atoms with Crippen LogP contribution in [0.2, 0.25) is 0 Å². The van der Waals surface area contributed by atoms with Crippen LogP contribution >= 0.6 is 0 Å². The Labute approximate surface area is 111 Å². The van der Waals surface area contributed by atoms with E-state index in [4.69, 9.17) is 0 Å². The van der Waals surface area contributed by atoms with E-state index >= 15 is 0 Å². The second kappa shape index (κ2) is 5.10. The van der Waals surface area contributed by atoms with Crippen LogP contribution in [0.1, 0.15) is 40.0 Å². The first-order valence-electron chi connectivity index (χ1n) is 7.05. The highest BCUT2D eigenvalue weighted by molar-refractivity contribution is 7.92. The van der Waals surface area contributed by atoms with Crippen LogP contribution in [0.15, 0.2) is 0 Å². The molecule has 18 heavy (non-hydrogen) atoms. The monoisotopic (exact) mass is 274 g/mol. The van der Waals surface area contributed by atoms with Crippen LogP contribution in [-0.4, -0.2) is 55.5 Å². The van der Waals surface area contributed by atoms with E-state index in [0.29, 0.717) is 11.8 Å². The van der Waals surface area contributed by atoms with Crippen LogP contribution in [0.5, 0.6) is 0 Å². The molecule has 0 aromatic rings. The Bertz CT molecular complexity index is 392. The average molecular weight is 274 g/mol. The standard InChI is InChI=1S/C13H26N2O2S/c1-4-11-8-14-13(2,3)10-15(11)9-12-6-5-7-18(12,16)17/h11-12,14H,4-10H2,1-3H3. The fourth-order valence-corrected chi connectivity index (χ4v) is 5.00. The third-order valence-electron chi connectivity index (χ3n) is 4.30. The summed E-state index contributed by atoms with van der Waals surface area (Å²) in [5.74, 6) is 0.393. The van der Waals surface area contributed by atoms with E-state index in [1.165, 1.54) is 0 Å². The smallest absolute Gasteiger partial charge is 0.154 e. The third-order valence-corrected chi connectivity index (χ3v) is 6.56. The molecule has 2 atom stereocenters. The minimum atomic E-state index is -2.82. The third kappa shape index (κ3) is 3.06. The summed E-state index contributed by atoms with van der Waals surface area (Å²) in [6.45, 7) is 9.20. The lowest BCUT2D eigenvalue weighted by Gasteiger charge is -2.45. The number of sulfone groups is 1. The lowest BCUT2D eigenvalue weighted by molar-refractivity contribution is 0.0924. The molecule has 0 saturated carbocycles. The molecule has 0 amide bonds. The minimum Gasteiger partial charge on any atom is -0.309 e. The summed E-state index contributed by atoms with van der Waals surface area (Å²) in [6.07, 6.45) is 2.78. The van der Waals surface area contributed by atoms with E-state index in [1.807, 2.05) is 0 Å². The molecule has 2 fully saturated rings. The van der Waals surface area contributed by atoms with Crippen molar-refractivity contribution >= 4 is 9.84 Å². The van der Waals surface area contributed by atoms with Gasteiger partial charge in [0.05, 0.1) is 11.0 Å². The van der Waals surface area contributed by atoms with Crippen molar-refractivity contribution < 1.29 is 8.42 Å². The van der Waals surface area contributed by atoms with E-state index in [2.05, 4.69) is 31.0 Å². The van der Waals surface area contributed by atoms with E-state index in [-0.39, 0.29) is 10.8 Å². The molecule has 4 nitrogen and oxygen atoms in total. The van der Waals surface area contributed by atoms with Gasteiger partial charge in [-0.1, -0.05) is 6.92 Å². The topological polar surface area (TPSA) is 49.4 Å². The number of piperazine rings is 1. The Hall–Kier alpha value is -0.130. The molecule has 0 spiro atoms. The molecule has 2 aliphatic heterocycles. The number of hydrogen-bond acceptors (Lipinski definition) is 4. The molecule has 0 radical (unpaired) electrons. The lowest BCUT2D eigenvalue weighted by atomic mass is 9.97. The SMILES string of the molecule is CCC1CNC(C)(C)CN1CC1CCCS1(=O)=O. The Kier molecular flexibility index (Phi) is 4.04. The van der Waals surface area contributed by atoms with E-state index in [1.54, 1.807) is 0 Å². The summed E-state index contributed by atoms with van der Waals surface area (Å²) in [5, 5.41) is 3.42. The number of nitrogens with zero attached hydrogens (tertiary/aromatic N) is 1. The first kappa shape index (κ1) is 14.3. The summed E-state index contributed by atoms with van der Waals surface area (Å²) in [5.41, 5.74) is 0.0913. The van der Waals surface area contributed by atoms with Crippen molar-refractivity contribution in [2.45, 2.75) is 56.9 Å². The molecular formula is C13H26N2O2S. The summed E-state index contributed by atoms with van der Waals surface area (Å²) < 4.78 is 23.9. The van der Waals surface area contributed by atoms with E-state index in [0.717, 1.165) is 38.9 Å². The zero-order valence-corrected chi connectivity index (χ0v) is 12.6. The van der Waals surface area contributed by atoms with Gasteiger partial charge in [0.25, 0.3) is 0 Å². The van der Waals surface area contributed by atoms with Gasteiger partial charge in [-0.3, -0.25) is 4.90 Å². The van der Waals surface area contributed by atoms with Crippen LogP contribution in [0, 0.1) is 0 Å². The number of rotatable bonds is 3. The summed E-state index contributed by atoms with van der Waals surface area (Å²) in [6, 6.07) is 0.480. The van der Waals surface area contributed by atoms with Crippen molar-refractivity contribution in [3.8, 4) is 0 Å². The van der Waals surface area contributed by atoms with Gasteiger partial charge in [-0.25, -0.2) is 8.42 Å². The molecule has 2 aliphatic rings. The molecule has 0 aromatic carbocycles. The summed E-state index contributed by atoms with van der Waals surface area (Å²) in [4.78, 5) is 2.39. The second-order valence-corrected chi connectivity index (χ2v) is 8.79. The molecular weight excluding hydrogens is 248 g/mol. The van der Waals surface area contributed by atoms with Gasteiger partial charge >= 0.3 is 0 Å². The molecule has 2 unspecified atom stereocenters. The van der Waals surface area contributed by atoms with Crippen LogP contribution in [0.25, 0.3) is 0 Å². The van der Waals surface area contributed by atoms with Gasteiger partial charge in [0.1, 0.15) is 0 Å². The van der Waals surface area contributed by atoms with Gasteiger partial charge in [0.15, 0.2) is 9.84 Å². The maximum absolute atomic E-state index is 11.9. The Morgan fingerprint density at radius 3 is 2.67 bits per heavy atom. The zero-order chi connectivity index (χ0) is 13.4. The van der Waals surface area contributed by atoms with Crippen molar-refractivity contribution in [1.82, 2.24) is 10.2 Å². The van der Waals surface area contributed by atoms with E-state index in [9.17, 15) is 8.42 Å². The Morgan fingerprint density at radius 1 is 1.39 bits per heavy atom. The van der Waals surface area contributed by atoms with Crippen LogP contribution in [0.3, 0.4) is 0 Å². The lowest BCUT2D eigenvalue weighted by Crippen LogP contribution is -2.62. The van der Waals surface area contributed by atoms with Crippen LogP contribution in [0.4, 0.5) is 0 Å². The van der Waals surface area contributed by atoms with Gasteiger partial charge in [0, 0.05) is 31.2 Å². The van der Waals surface area contributed by atoms with Gasteiger partial charge in [-0.15, -0.1) is 0 Å². The highest BCUT2D eigenvalue weighted by Crippen LogP contribution is 2.24. The van der Waals surface area contributed by atoms with Gasteiger partial charge in [-0.2, -0.15) is 0 Å². The largest absolute Gasteiger partial charge is 0.309 e. The second-order valence-electron chi connectivity index (χ2n) is 6.39. The van der Waals surface area contributed by atoms with Crippen molar-refractivity contribution in [3.63, 3.8) is 0 Å². The highest BCUT2D eigenvalue weighted by Gasteiger charge is 2.37. The zero-order valence-electron chi connectivity index (χ0n) is 11.8. The predicted molar refractivity (Wildman–Crippen MR) is 74.5 cm³/mol. The molecule has 0 aliphatic carbocycles.